The van der Waals surface area contributed by atoms with Gasteiger partial charge in [0.25, 0.3) is 0 Å². The SMILES string of the molecule is CC1CN(C2CNC(C)(C)C2)CC1N(C)C. The molecule has 1 N–H and O–H groups in total. The van der Waals surface area contributed by atoms with Gasteiger partial charge in [0.15, 0.2) is 0 Å². The van der Waals surface area contributed by atoms with E-state index < -0.39 is 0 Å². The van der Waals surface area contributed by atoms with Crippen molar-refractivity contribution in [2.75, 3.05) is 33.7 Å². The molecule has 0 aromatic rings. The maximum atomic E-state index is 3.63. The van der Waals surface area contributed by atoms with Crippen molar-refractivity contribution in [2.45, 2.75) is 44.8 Å². The summed E-state index contributed by atoms with van der Waals surface area (Å²) in [6.07, 6.45) is 1.29. The first-order chi connectivity index (χ1) is 7.39. The molecule has 2 aliphatic heterocycles. The molecule has 94 valence electrons. The van der Waals surface area contributed by atoms with Gasteiger partial charge in [-0.25, -0.2) is 0 Å². The summed E-state index contributed by atoms with van der Waals surface area (Å²) in [6.45, 7) is 10.7. The van der Waals surface area contributed by atoms with Crippen LogP contribution >= 0.6 is 0 Å². The van der Waals surface area contributed by atoms with Crippen molar-refractivity contribution in [2.24, 2.45) is 5.92 Å². The van der Waals surface area contributed by atoms with E-state index in [1.807, 2.05) is 0 Å². The molecule has 0 aromatic heterocycles. The van der Waals surface area contributed by atoms with Gasteiger partial charge >= 0.3 is 0 Å². The van der Waals surface area contributed by atoms with Crippen LogP contribution < -0.4 is 5.32 Å². The van der Waals surface area contributed by atoms with E-state index in [2.05, 4.69) is 50.0 Å². The average Bonchev–Trinajstić information content (AvgIpc) is 2.69. The Bertz CT molecular complexity index is 250. The zero-order valence-electron chi connectivity index (χ0n) is 11.5. The number of rotatable bonds is 2. The van der Waals surface area contributed by atoms with E-state index in [9.17, 15) is 0 Å². The molecular weight excluding hydrogens is 198 g/mol. The van der Waals surface area contributed by atoms with Crippen molar-refractivity contribution in [1.82, 2.24) is 15.1 Å². The smallest absolute Gasteiger partial charge is 0.0254 e. The maximum absolute atomic E-state index is 3.63. The third kappa shape index (κ3) is 2.41. The summed E-state index contributed by atoms with van der Waals surface area (Å²) in [5.74, 6) is 0.804. The molecule has 3 nitrogen and oxygen atoms in total. The lowest BCUT2D eigenvalue weighted by Crippen LogP contribution is -2.38. The van der Waals surface area contributed by atoms with Gasteiger partial charge in [0.2, 0.25) is 0 Å². The summed E-state index contributed by atoms with van der Waals surface area (Å²) in [5.41, 5.74) is 0.337. The molecule has 3 atom stereocenters. The molecule has 2 aliphatic rings. The van der Waals surface area contributed by atoms with Crippen LogP contribution in [0, 0.1) is 5.92 Å². The first kappa shape index (κ1) is 12.3. The number of nitrogens with one attached hydrogen (secondary N) is 1. The molecule has 2 fully saturated rings. The number of hydrogen-bond acceptors (Lipinski definition) is 3. The summed E-state index contributed by atoms with van der Waals surface area (Å²) in [5, 5.41) is 3.63. The summed E-state index contributed by atoms with van der Waals surface area (Å²) in [6, 6.07) is 1.49. The monoisotopic (exact) mass is 225 g/mol. The zero-order valence-corrected chi connectivity index (χ0v) is 11.5. The van der Waals surface area contributed by atoms with Crippen molar-refractivity contribution in [3.05, 3.63) is 0 Å². The van der Waals surface area contributed by atoms with Gasteiger partial charge in [0, 0.05) is 37.3 Å². The Kier molecular flexibility index (Phi) is 3.30. The van der Waals surface area contributed by atoms with E-state index in [-0.39, 0.29) is 0 Å². The van der Waals surface area contributed by atoms with E-state index in [1.54, 1.807) is 0 Å². The molecule has 16 heavy (non-hydrogen) atoms. The van der Waals surface area contributed by atoms with E-state index >= 15 is 0 Å². The van der Waals surface area contributed by atoms with Gasteiger partial charge in [0.1, 0.15) is 0 Å². The van der Waals surface area contributed by atoms with Crippen molar-refractivity contribution < 1.29 is 0 Å². The van der Waals surface area contributed by atoms with Crippen LogP contribution in [0.25, 0.3) is 0 Å². The van der Waals surface area contributed by atoms with Crippen molar-refractivity contribution in [3.8, 4) is 0 Å². The second kappa shape index (κ2) is 4.28. The number of likely N-dealkylation sites (tertiary alicyclic amines) is 1. The summed E-state index contributed by atoms with van der Waals surface area (Å²) >= 11 is 0. The Morgan fingerprint density at radius 2 is 1.94 bits per heavy atom. The third-order valence-electron chi connectivity index (χ3n) is 4.34. The van der Waals surface area contributed by atoms with Gasteiger partial charge in [-0.1, -0.05) is 6.92 Å². The fourth-order valence-corrected chi connectivity index (χ4v) is 3.34. The first-order valence-corrected chi connectivity index (χ1v) is 6.54. The zero-order chi connectivity index (χ0) is 11.9. The Hall–Kier alpha value is -0.120. The van der Waals surface area contributed by atoms with Gasteiger partial charge in [-0.2, -0.15) is 0 Å². The molecule has 0 amide bonds. The quantitative estimate of drug-likeness (QED) is 0.757. The van der Waals surface area contributed by atoms with Gasteiger partial charge in [-0.3, -0.25) is 4.90 Å². The average molecular weight is 225 g/mol. The number of likely N-dealkylation sites (N-methyl/N-ethyl adjacent to an activating group) is 1. The van der Waals surface area contributed by atoms with Gasteiger partial charge in [0.05, 0.1) is 0 Å². The standard InChI is InChI=1S/C13H27N3/c1-10-8-16(9-12(10)15(4)5)11-6-13(2,3)14-7-11/h10-12,14H,6-9H2,1-5H3. The van der Waals surface area contributed by atoms with Crippen LogP contribution in [0.2, 0.25) is 0 Å². The lowest BCUT2D eigenvalue weighted by molar-refractivity contribution is 0.219. The lowest BCUT2D eigenvalue weighted by atomic mass is 10.0. The Labute approximate surface area is 100 Å². The summed E-state index contributed by atoms with van der Waals surface area (Å²) in [7, 11) is 4.42. The molecule has 0 spiro atoms. The maximum Gasteiger partial charge on any atom is 0.0254 e. The molecule has 0 bridgehead atoms. The normalized spacial score (nSPS) is 39.8. The van der Waals surface area contributed by atoms with E-state index in [0.29, 0.717) is 5.54 Å². The van der Waals surface area contributed by atoms with Crippen LogP contribution in [0.5, 0.6) is 0 Å². The second-order valence-electron chi connectivity index (χ2n) is 6.58. The molecule has 2 saturated heterocycles. The Morgan fingerprint density at radius 3 is 2.38 bits per heavy atom. The molecular formula is C13H27N3. The van der Waals surface area contributed by atoms with Crippen LogP contribution in [-0.2, 0) is 0 Å². The van der Waals surface area contributed by atoms with Crippen LogP contribution in [-0.4, -0.2) is 61.2 Å². The van der Waals surface area contributed by atoms with Crippen molar-refractivity contribution in [3.63, 3.8) is 0 Å². The predicted molar refractivity (Wildman–Crippen MR) is 68.7 cm³/mol. The fraction of sp³-hybridized carbons (Fsp3) is 1.00. The largest absolute Gasteiger partial charge is 0.310 e. The highest BCUT2D eigenvalue weighted by molar-refractivity contribution is 4.98. The van der Waals surface area contributed by atoms with Crippen LogP contribution in [0.1, 0.15) is 27.2 Å². The fourth-order valence-electron chi connectivity index (χ4n) is 3.34. The van der Waals surface area contributed by atoms with Crippen LogP contribution in [0.15, 0.2) is 0 Å². The van der Waals surface area contributed by atoms with Gasteiger partial charge < -0.3 is 10.2 Å². The molecule has 0 aromatic carbocycles. The predicted octanol–water partition coefficient (Wildman–Crippen LogP) is 1.01. The molecule has 0 aliphatic carbocycles. The van der Waals surface area contributed by atoms with E-state index in [1.165, 1.54) is 26.1 Å². The van der Waals surface area contributed by atoms with Crippen LogP contribution in [0.4, 0.5) is 0 Å². The molecule has 3 heteroatoms. The van der Waals surface area contributed by atoms with Crippen molar-refractivity contribution >= 4 is 0 Å². The number of nitrogens with zero attached hydrogens (tertiary/aromatic N) is 2. The highest BCUT2D eigenvalue weighted by atomic mass is 15.3. The minimum absolute atomic E-state index is 0.337. The molecule has 0 radical (unpaired) electrons. The molecule has 2 heterocycles. The summed E-state index contributed by atoms with van der Waals surface area (Å²) < 4.78 is 0. The van der Waals surface area contributed by atoms with Gasteiger partial charge in [-0.05, 0) is 40.3 Å². The topological polar surface area (TPSA) is 18.5 Å². The van der Waals surface area contributed by atoms with E-state index in [0.717, 1.165) is 18.0 Å². The third-order valence-corrected chi connectivity index (χ3v) is 4.34. The highest BCUT2D eigenvalue weighted by Crippen LogP contribution is 2.28. The van der Waals surface area contributed by atoms with Crippen LogP contribution in [0.3, 0.4) is 0 Å². The second-order valence-corrected chi connectivity index (χ2v) is 6.58. The number of hydrogen-bond donors (Lipinski definition) is 1. The minimum Gasteiger partial charge on any atom is -0.310 e. The van der Waals surface area contributed by atoms with Crippen molar-refractivity contribution in [1.29, 1.82) is 0 Å². The van der Waals surface area contributed by atoms with E-state index in [4.69, 9.17) is 0 Å². The highest BCUT2D eigenvalue weighted by Gasteiger charge is 2.39. The Morgan fingerprint density at radius 1 is 1.25 bits per heavy atom. The Balaban J connectivity index is 1.94. The first-order valence-electron chi connectivity index (χ1n) is 6.54. The summed E-state index contributed by atoms with van der Waals surface area (Å²) in [4.78, 5) is 5.08. The molecule has 3 unspecified atom stereocenters. The molecule has 2 rings (SSSR count). The lowest BCUT2D eigenvalue weighted by Gasteiger charge is -2.26. The minimum atomic E-state index is 0.337. The van der Waals surface area contributed by atoms with Gasteiger partial charge in [-0.15, -0.1) is 0 Å². The molecule has 0 saturated carbocycles.